The Balaban J connectivity index is 1.26. The summed E-state index contributed by atoms with van der Waals surface area (Å²) in [5.74, 6) is 0.407. The monoisotopic (exact) mass is 392 g/mol. The molecule has 0 unspecified atom stereocenters. The van der Waals surface area contributed by atoms with E-state index in [2.05, 4.69) is 20.3 Å². The summed E-state index contributed by atoms with van der Waals surface area (Å²) >= 11 is 1.36. The maximum absolute atomic E-state index is 12.2. The number of aromatic amines is 1. The van der Waals surface area contributed by atoms with Crippen LogP contribution in [0.3, 0.4) is 0 Å². The average molecular weight is 392 g/mol. The summed E-state index contributed by atoms with van der Waals surface area (Å²) in [6.45, 7) is 0.557. The molecule has 0 spiro atoms. The number of nitrogens with zero attached hydrogens (tertiary/aromatic N) is 2. The van der Waals surface area contributed by atoms with Gasteiger partial charge in [-0.15, -0.1) is 0 Å². The van der Waals surface area contributed by atoms with Crippen molar-refractivity contribution in [3.63, 3.8) is 0 Å². The zero-order valence-electron chi connectivity index (χ0n) is 15.2. The second kappa shape index (κ2) is 8.39. The van der Waals surface area contributed by atoms with Crippen LogP contribution in [-0.2, 0) is 22.4 Å². The van der Waals surface area contributed by atoms with Crippen LogP contribution in [0.4, 0.5) is 0 Å². The van der Waals surface area contributed by atoms with E-state index in [1.165, 1.54) is 17.3 Å². The number of aromatic nitrogens is 2. The van der Waals surface area contributed by atoms with Crippen molar-refractivity contribution in [1.82, 2.24) is 15.3 Å². The standard InChI is InChI=1S/C21H20N4O2S/c26-19(22-11-10-14-6-2-1-3-7-14)12-17-21(27)25-20(28-17)13-18-23-15-8-4-5-9-16(15)24-18/h1-9,17H,10-13H2,(H,22,26)(H,23,24)/t17-/m0/s1. The molecular formula is C21H20N4O2S. The molecule has 2 amide bonds. The number of carbonyl (C=O) groups excluding carboxylic acids is 2. The zero-order valence-corrected chi connectivity index (χ0v) is 16.0. The van der Waals surface area contributed by atoms with E-state index >= 15 is 0 Å². The third-order valence-electron chi connectivity index (χ3n) is 4.50. The Morgan fingerprint density at radius 3 is 2.71 bits per heavy atom. The summed E-state index contributed by atoms with van der Waals surface area (Å²) in [7, 11) is 0. The Bertz CT molecular complexity index is 996. The largest absolute Gasteiger partial charge is 0.356 e. The fourth-order valence-electron chi connectivity index (χ4n) is 3.11. The number of carbonyl (C=O) groups is 2. The number of imidazole rings is 1. The third-order valence-corrected chi connectivity index (χ3v) is 5.66. The lowest BCUT2D eigenvalue weighted by atomic mass is 10.1. The summed E-state index contributed by atoms with van der Waals surface area (Å²) in [5, 5.41) is 3.14. The Morgan fingerprint density at radius 1 is 1.11 bits per heavy atom. The first-order valence-electron chi connectivity index (χ1n) is 9.20. The quantitative estimate of drug-likeness (QED) is 0.647. The average Bonchev–Trinajstić information content (AvgIpc) is 3.25. The molecule has 1 aromatic heterocycles. The molecule has 4 rings (SSSR count). The van der Waals surface area contributed by atoms with Crippen LogP contribution in [0.2, 0.25) is 0 Å². The number of nitrogens with one attached hydrogen (secondary N) is 2. The molecule has 0 fully saturated rings. The predicted molar refractivity (Wildman–Crippen MR) is 111 cm³/mol. The Kier molecular flexibility index (Phi) is 5.53. The van der Waals surface area contributed by atoms with Gasteiger partial charge >= 0.3 is 0 Å². The summed E-state index contributed by atoms with van der Waals surface area (Å²) in [6, 6.07) is 17.8. The van der Waals surface area contributed by atoms with Crippen LogP contribution in [0.25, 0.3) is 11.0 Å². The fourth-order valence-corrected chi connectivity index (χ4v) is 4.19. The predicted octanol–water partition coefficient (Wildman–Crippen LogP) is 2.89. The number of amides is 2. The number of fused-ring (bicyclic) bond motifs is 1. The fraction of sp³-hybridized carbons (Fsp3) is 0.238. The molecule has 1 aliphatic rings. The molecule has 7 heteroatoms. The summed E-state index contributed by atoms with van der Waals surface area (Å²) < 4.78 is 0. The van der Waals surface area contributed by atoms with Crippen molar-refractivity contribution in [3.8, 4) is 0 Å². The molecule has 0 saturated carbocycles. The van der Waals surface area contributed by atoms with Crippen molar-refractivity contribution < 1.29 is 9.59 Å². The number of hydrogen-bond acceptors (Lipinski definition) is 4. The SMILES string of the molecule is O=C(C[C@@H]1SC(Cc2nc3ccccc3[nH]2)=NC1=O)NCCc1ccccc1. The van der Waals surface area contributed by atoms with Gasteiger partial charge in [0.05, 0.1) is 22.5 Å². The van der Waals surface area contributed by atoms with Crippen LogP contribution in [-0.4, -0.2) is 38.6 Å². The van der Waals surface area contributed by atoms with Crippen LogP contribution < -0.4 is 5.32 Å². The van der Waals surface area contributed by atoms with Crippen molar-refractivity contribution >= 4 is 39.7 Å². The first-order valence-corrected chi connectivity index (χ1v) is 10.1. The molecule has 1 atom stereocenters. The number of H-pyrrole nitrogens is 1. The van der Waals surface area contributed by atoms with E-state index in [4.69, 9.17) is 0 Å². The summed E-state index contributed by atoms with van der Waals surface area (Å²) in [4.78, 5) is 36.2. The van der Waals surface area contributed by atoms with Crippen LogP contribution >= 0.6 is 11.8 Å². The van der Waals surface area contributed by atoms with Gasteiger partial charge in [-0.2, -0.15) is 0 Å². The Labute approximate surface area is 166 Å². The van der Waals surface area contributed by atoms with Gasteiger partial charge in [0, 0.05) is 13.0 Å². The lowest BCUT2D eigenvalue weighted by Crippen LogP contribution is -2.29. The van der Waals surface area contributed by atoms with Crippen molar-refractivity contribution in [2.24, 2.45) is 4.99 Å². The van der Waals surface area contributed by atoms with E-state index in [0.29, 0.717) is 18.0 Å². The molecule has 6 nitrogen and oxygen atoms in total. The molecule has 28 heavy (non-hydrogen) atoms. The summed E-state index contributed by atoms with van der Waals surface area (Å²) in [6.07, 6.45) is 1.38. The molecule has 0 saturated heterocycles. The molecule has 1 aliphatic heterocycles. The highest BCUT2D eigenvalue weighted by molar-refractivity contribution is 8.15. The first-order chi connectivity index (χ1) is 13.7. The number of aliphatic imine (C=N–C) groups is 1. The highest BCUT2D eigenvalue weighted by Crippen LogP contribution is 2.27. The van der Waals surface area contributed by atoms with Crippen molar-refractivity contribution in [2.75, 3.05) is 6.54 Å². The van der Waals surface area contributed by atoms with Crippen LogP contribution in [0, 0.1) is 0 Å². The van der Waals surface area contributed by atoms with E-state index in [9.17, 15) is 9.59 Å². The minimum atomic E-state index is -0.448. The van der Waals surface area contributed by atoms with Gasteiger partial charge in [0.15, 0.2) is 0 Å². The smallest absolute Gasteiger partial charge is 0.260 e. The molecule has 2 heterocycles. The molecule has 3 aromatic rings. The summed E-state index contributed by atoms with van der Waals surface area (Å²) in [5.41, 5.74) is 3.02. The van der Waals surface area contributed by atoms with Gasteiger partial charge in [0.25, 0.3) is 5.91 Å². The number of para-hydroxylation sites is 2. The zero-order chi connectivity index (χ0) is 19.3. The van der Waals surface area contributed by atoms with E-state index < -0.39 is 5.25 Å². The molecular weight excluding hydrogens is 372 g/mol. The first kappa shape index (κ1) is 18.4. The number of rotatable bonds is 7. The van der Waals surface area contributed by atoms with Gasteiger partial charge in [0.1, 0.15) is 11.1 Å². The Hall–Kier alpha value is -2.93. The molecule has 0 aliphatic carbocycles. The van der Waals surface area contributed by atoms with Crippen LogP contribution in [0.1, 0.15) is 17.8 Å². The second-order valence-electron chi connectivity index (χ2n) is 6.62. The highest BCUT2D eigenvalue weighted by atomic mass is 32.2. The highest BCUT2D eigenvalue weighted by Gasteiger charge is 2.30. The van der Waals surface area contributed by atoms with Crippen molar-refractivity contribution in [3.05, 3.63) is 66.0 Å². The molecule has 142 valence electrons. The van der Waals surface area contributed by atoms with Crippen molar-refractivity contribution in [1.29, 1.82) is 0 Å². The van der Waals surface area contributed by atoms with E-state index in [-0.39, 0.29) is 18.2 Å². The molecule has 0 radical (unpaired) electrons. The van der Waals surface area contributed by atoms with Gasteiger partial charge in [-0.25, -0.2) is 9.98 Å². The number of hydrogen-bond donors (Lipinski definition) is 2. The van der Waals surface area contributed by atoms with E-state index in [0.717, 1.165) is 23.3 Å². The minimum Gasteiger partial charge on any atom is -0.356 e. The molecule has 0 bridgehead atoms. The number of thioether (sulfide) groups is 1. The topological polar surface area (TPSA) is 87.2 Å². The van der Waals surface area contributed by atoms with Crippen LogP contribution in [0.5, 0.6) is 0 Å². The number of benzene rings is 2. The maximum Gasteiger partial charge on any atom is 0.260 e. The van der Waals surface area contributed by atoms with Gasteiger partial charge in [-0.1, -0.05) is 54.2 Å². The van der Waals surface area contributed by atoms with Crippen LogP contribution in [0.15, 0.2) is 59.6 Å². The Morgan fingerprint density at radius 2 is 1.89 bits per heavy atom. The minimum absolute atomic E-state index is 0.123. The molecule has 2 N–H and O–H groups in total. The third kappa shape index (κ3) is 4.48. The van der Waals surface area contributed by atoms with E-state index in [1.54, 1.807) is 0 Å². The lowest BCUT2D eigenvalue weighted by Gasteiger charge is -2.08. The second-order valence-corrected chi connectivity index (χ2v) is 7.89. The lowest BCUT2D eigenvalue weighted by molar-refractivity contribution is -0.124. The van der Waals surface area contributed by atoms with Gasteiger partial charge in [0.2, 0.25) is 5.91 Å². The van der Waals surface area contributed by atoms with Gasteiger partial charge < -0.3 is 10.3 Å². The van der Waals surface area contributed by atoms with E-state index in [1.807, 2.05) is 54.6 Å². The van der Waals surface area contributed by atoms with Gasteiger partial charge in [-0.05, 0) is 24.1 Å². The molecule has 2 aromatic carbocycles. The maximum atomic E-state index is 12.2. The van der Waals surface area contributed by atoms with Crippen molar-refractivity contribution in [2.45, 2.75) is 24.5 Å². The van der Waals surface area contributed by atoms with Gasteiger partial charge in [-0.3, -0.25) is 9.59 Å². The normalized spacial score (nSPS) is 16.4.